The summed E-state index contributed by atoms with van der Waals surface area (Å²) in [6.45, 7) is 35.0. The smallest absolute Gasteiger partial charge is 0.375 e. The van der Waals surface area contributed by atoms with Gasteiger partial charge < -0.3 is 112 Å². The molecule has 0 saturated heterocycles. The van der Waals surface area contributed by atoms with E-state index in [4.69, 9.17) is 83.1 Å². The molecule has 0 aliphatic carbocycles. The summed E-state index contributed by atoms with van der Waals surface area (Å²) in [5.74, 6) is -0.146. The maximum atomic E-state index is 13.9. The molecule has 31 nitrogen and oxygen atoms in total. The fourth-order valence-electron chi connectivity index (χ4n) is 11.4. The van der Waals surface area contributed by atoms with Crippen LogP contribution in [0.5, 0.6) is 23.5 Å². The van der Waals surface area contributed by atoms with Crippen molar-refractivity contribution >= 4 is 112 Å². The van der Waals surface area contributed by atoms with Crippen LogP contribution in [0.25, 0.3) is 60.1 Å². The van der Waals surface area contributed by atoms with Gasteiger partial charge in [-0.3, -0.25) is 9.59 Å². The first-order valence-corrected chi connectivity index (χ1v) is 37.1. The van der Waals surface area contributed by atoms with Gasteiger partial charge in [-0.2, -0.15) is 0 Å². The molecule has 0 bridgehead atoms. The molecule has 15 N–H and O–H groups in total. The van der Waals surface area contributed by atoms with Crippen molar-refractivity contribution in [3.63, 3.8) is 0 Å². The Kier molecular flexibility index (Phi) is 41.6. The van der Waals surface area contributed by atoms with Crippen LogP contribution in [0.15, 0.2) is 85.5 Å². The van der Waals surface area contributed by atoms with E-state index >= 15 is 0 Å². The van der Waals surface area contributed by atoms with Crippen LogP contribution in [0.2, 0.25) is 5.02 Å². The van der Waals surface area contributed by atoms with Gasteiger partial charge in [0.2, 0.25) is 23.5 Å². The van der Waals surface area contributed by atoms with Crippen LogP contribution in [0.3, 0.4) is 0 Å². The van der Waals surface area contributed by atoms with E-state index in [0.717, 1.165) is 63.5 Å². The molecule has 637 valence electrons. The second-order valence-electron chi connectivity index (χ2n) is 28.2. The number of aliphatic hydroxyl groups excluding tert-OH is 5. The van der Waals surface area contributed by atoms with Crippen LogP contribution in [0.1, 0.15) is 148 Å². The molecule has 36 heteroatoms. The van der Waals surface area contributed by atoms with Gasteiger partial charge in [-0.15, -0.1) is 0 Å². The number of ether oxygens (including phenoxy) is 7. The second-order valence-corrected chi connectivity index (χ2v) is 29.2. The Morgan fingerprint density at radius 3 is 1.56 bits per heavy atom. The van der Waals surface area contributed by atoms with Gasteiger partial charge in [0, 0.05) is 143 Å². The molecular weight excluding hydrogens is 1770 g/mol. The van der Waals surface area contributed by atoms with Crippen molar-refractivity contribution in [3.8, 4) is 23.5 Å². The fraction of sp³-hybridized carbons (Fsp3) is 0.438. The Labute approximate surface area is 700 Å². The minimum absolute atomic E-state index is 0. The summed E-state index contributed by atoms with van der Waals surface area (Å²) >= 11 is 8.90. The van der Waals surface area contributed by atoms with E-state index in [-0.39, 0.29) is 146 Å². The molecule has 1 amide bonds. The van der Waals surface area contributed by atoms with Crippen LogP contribution < -0.4 is 35.9 Å². The van der Waals surface area contributed by atoms with Crippen molar-refractivity contribution < 1.29 is 117 Å². The third kappa shape index (κ3) is 26.8. The number of ketones is 1. The molecule has 0 spiro atoms. The van der Waals surface area contributed by atoms with Crippen LogP contribution in [0, 0.1) is 25.6 Å². The van der Waals surface area contributed by atoms with Gasteiger partial charge >= 0.3 is 17.9 Å². The predicted octanol–water partition coefficient (Wildman–Crippen LogP) is 10.9. The number of rotatable bonds is 23. The number of aromatic nitrogens is 8. The van der Waals surface area contributed by atoms with E-state index in [1.165, 1.54) is 17.2 Å². The molecule has 0 fully saturated rings. The number of aliphatic hydroxyl groups is 5. The van der Waals surface area contributed by atoms with Crippen LogP contribution >= 0.6 is 27.5 Å². The quantitative estimate of drug-likeness (QED) is 0.00706. The number of halogens is 4. The number of carbonyl (C=O) groups excluding carboxylic acids is 5. The summed E-state index contributed by atoms with van der Waals surface area (Å²) in [7, 11) is 1.00. The monoisotopic (exact) mass is 1880 g/mol. The van der Waals surface area contributed by atoms with Crippen molar-refractivity contribution in [2.45, 2.75) is 144 Å². The first-order valence-electron chi connectivity index (χ1n) is 35.6. The zero-order valence-electron chi connectivity index (χ0n) is 67.1. The molecule has 9 aromatic rings. The number of carbonyl (C=O) groups is 5. The molecule has 2 aliphatic rings. The zero-order valence-corrected chi connectivity index (χ0v) is 72.2. The van der Waals surface area contributed by atoms with Crippen molar-refractivity contribution in [1.29, 1.82) is 0 Å². The third-order valence-corrected chi connectivity index (χ3v) is 17.4. The Morgan fingerprint density at radius 1 is 0.638 bits per heavy atom. The van der Waals surface area contributed by atoms with E-state index in [9.17, 15) is 32.8 Å². The molecule has 11 rings (SSSR count). The molecule has 8 aromatic heterocycles. The Hall–Kier alpha value is -9.53. The van der Waals surface area contributed by atoms with Crippen molar-refractivity contribution in [2.75, 3.05) is 84.9 Å². The zero-order chi connectivity index (χ0) is 84.5. The molecule has 10 heterocycles. The Balaban J connectivity index is 0.000000507. The standard InChI is InChI=1S/C26H27F2N3O5.C19H25N3O4.C13H14ClN3O2.C13H19N3O2.C6H9BrO3.CH4O.CH4.CH3.H3NO.Re/c1-14(2)36-25(34)16-12-31(24(33)15-5-6-17(27)18(28)11-15)13-26(3,4)21-22(16)29-19-7-8-20(30-23(19)21)35-10-9-32;1-11(2)26-18(24)12-9-20-10-19(3,4)15-16(12)21-13-5-6-14(22-17(13)15)25-8-7-23;1-13(2,15-3)8-7-16-10-6-9(14)12(17-11(8)10)19-5-4-18;1-13(2,8-14)9-7-15-10-3-4-11(16-12(9)10)18-6-5-17;1-4(2)10-6(9)5(8)3-7;1-2;;;1-2;/h5-8,11-12,14,29,32H,9-10,13H2,1-4H3;5-6,9,11,20-21,23H,7-8,10H2,1-4H3;6-7,16,18H,4-5H2,1-2H3;3-4,7,15,17H,5-6,8,14H2,1-2H3;4H,3H2,1-2H3;2H,1H3;1H4;1H3;2H,1H2;/q;;;;;;;-1;;. The van der Waals surface area contributed by atoms with Crippen molar-refractivity contribution in [2.24, 2.45) is 11.6 Å². The molecule has 0 unspecified atom stereocenters. The van der Waals surface area contributed by atoms with E-state index in [2.05, 4.69) is 104 Å². The van der Waals surface area contributed by atoms with Crippen molar-refractivity contribution in [1.82, 2.24) is 50.1 Å². The summed E-state index contributed by atoms with van der Waals surface area (Å²) in [4.78, 5) is 96.0. The molecular formula is C80H108BrClF2N13O18Re-. The number of hydrogen-bond donors (Lipinski definition) is 13. The fourth-order valence-corrected chi connectivity index (χ4v) is 11.8. The number of aromatic amines is 4. The van der Waals surface area contributed by atoms with Crippen molar-refractivity contribution in [3.05, 3.63) is 160 Å². The van der Waals surface area contributed by atoms with Crippen LogP contribution in [-0.2, 0) is 75.6 Å². The minimum Gasteiger partial charge on any atom is -0.475 e. The van der Waals surface area contributed by atoms with E-state index in [1.807, 2.05) is 59.9 Å². The van der Waals surface area contributed by atoms with Gasteiger partial charge in [0.15, 0.2) is 11.6 Å². The van der Waals surface area contributed by atoms with E-state index < -0.39 is 52.3 Å². The number of hydrogen-bond acceptors (Lipinski definition) is 25. The molecule has 2 aliphatic heterocycles. The third-order valence-electron chi connectivity index (χ3n) is 16.6. The summed E-state index contributed by atoms with van der Waals surface area (Å²) in [6, 6.07) is 15.4. The van der Waals surface area contributed by atoms with Gasteiger partial charge in [-0.05, 0) is 84.0 Å². The number of amides is 1. The van der Waals surface area contributed by atoms with Gasteiger partial charge in [0.1, 0.15) is 37.0 Å². The number of nitrogens with two attached hydrogens (primary N) is 2. The maximum Gasteiger partial charge on any atom is 0.375 e. The largest absolute Gasteiger partial charge is 0.475 e. The maximum absolute atomic E-state index is 13.9. The summed E-state index contributed by atoms with van der Waals surface area (Å²) < 4.78 is 64.3. The number of nitrogens with one attached hydrogen (secondary N) is 5. The average molecular weight is 1880 g/mol. The molecule has 0 atom stereocenters. The predicted molar refractivity (Wildman–Crippen MR) is 439 cm³/mol. The number of fused-ring (bicyclic) bond motifs is 8. The van der Waals surface area contributed by atoms with E-state index in [1.54, 1.807) is 70.4 Å². The number of alkyl halides is 1. The topological polar surface area (TPSA) is 458 Å². The molecule has 1 aromatic carbocycles. The number of pyridine rings is 4. The Morgan fingerprint density at radius 2 is 1.09 bits per heavy atom. The summed E-state index contributed by atoms with van der Waals surface area (Å²) in [6.07, 6.45) is 5.94. The number of Topliss-reactive ketones (excluding diaryl/α,β-unsaturated/α-hetero) is 1. The summed E-state index contributed by atoms with van der Waals surface area (Å²) in [5.41, 5.74) is 15.1. The number of benzene rings is 1. The molecule has 0 saturated carbocycles. The molecule has 116 heavy (non-hydrogen) atoms. The first kappa shape index (κ1) is 103. The Bertz CT molecular complexity index is 4840. The van der Waals surface area contributed by atoms with Crippen LogP contribution in [0.4, 0.5) is 8.78 Å². The average Bonchev–Trinajstić information content (AvgIpc) is 1.59. The number of H-pyrrole nitrogens is 4. The normalized spacial score (nSPS) is 12.9. The SMILES string of the molecule is C.CC(C)(CN)c1c[nH]c2ccc(OCCO)nc12.CC(C)OC(=O)C(=O)CBr.CC(C)OC(=O)C1=CN(C(=O)c2ccc(F)c(F)c2)CC(C)(C)c2c1[nH]c1ccc(OCCO)nc21.CC(C)OC(=O)C1=CNCC(C)(C)c2c1[nH]c1ccc(OCCO)nc21.CO.NO.[C-]#[N+]C(C)(C)c1c[nH]c2cc(Cl)c(OCCO)nc12.[CH3-].[Re]. The number of esters is 3. The minimum atomic E-state index is -1.14. The van der Waals surface area contributed by atoms with E-state index in [0.29, 0.717) is 74.8 Å². The van der Waals surface area contributed by atoms with Gasteiger partial charge in [0.05, 0.1) is 117 Å². The van der Waals surface area contributed by atoms with Crippen LogP contribution in [-0.4, -0.2) is 208 Å². The first-order chi connectivity index (χ1) is 53.5. The summed E-state index contributed by atoms with van der Waals surface area (Å²) in [5, 5.41) is 52.7. The second kappa shape index (κ2) is 47.0. The molecule has 1 radical (unpaired) electrons. The number of nitrogens with zero attached hydrogens (tertiary/aromatic N) is 6. The van der Waals surface area contributed by atoms with Gasteiger partial charge in [-0.1, -0.05) is 76.5 Å². The van der Waals surface area contributed by atoms with Gasteiger partial charge in [0.25, 0.3) is 17.2 Å². The van der Waals surface area contributed by atoms with Gasteiger partial charge in [-0.25, -0.2) is 55.6 Å².